The number of hydrogen-bond donors (Lipinski definition) is 3. The minimum Gasteiger partial charge on any atom is -0.481 e. The number of nitrogens with one attached hydrogen (secondary N) is 1. The van der Waals surface area contributed by atoms with Crippen molar-refractivity contribution in [3.05, 3.63) is 28.8 Å². The fraction of sp³-hybridized carbons (Fsp3) is 0.300. The number of aliphatic carboxylic acids is 1. The molecular weight excluding hydrogens is 218 g/mol. The summed E-state index contributed by atoms with van der Waals surface area (Å²) in [5.41, 5.74) is -0.0354. The van der Waals surface area contributed by atoms with Crippen molar-refractivity contribution in [3.8, 4) is 0 Å². The van der Waals surface area contributed by atoms with Crippen LogP contribution in [0.2, 0.25) is 5.02 Å². The van der Waals surface area contributed by atoms with E-state index < -0.39 is 11.6 Å². The highest BCUT2D eigenvalue weighted by atomic mass is 35.5. The zero-order valence-electron chi connectivity index (χ0n) is 7.83. The number of rotatable bonds is 2. The third kappa shape index (κ3) is 1.78. The highest BCUT2D eigenvalue weighted by Crippen LogP contribution is 2.38. The maximum Gasteiger partial charge on any atom is 0.306 e. The fourth-order valence-corrected chi connectivity index (χ4v) is 1.99. The van der Waals surface area contributed by atoms with Gasteiger partial charge in [-0.1, -0.05) is 17.7 Å². The van der Waals surface area contributed by atoms with Gasteiger partial charge in [-0.05, 0) is 12.1 Å². The Labute approximate surface area is 91.5 Å². The van der Waals surface area contributed by atoms with Gasteiger partial charge < -0.3 is 15.5 Å². The number of β-amino-alcohol motifs (C(OH)–C–C–N with tert-alkyl or cyclic N) is 1. The molecule has 0 spiro atoms. The molecule has 4 nitrogen and oxygen atoms in total. The molecule has 0 saturated heterocycles. The van der Waals surface area contributed by atoms with E-state index in [0.717, 1.165) is 0 Å². The van der Waals surface area contributed by atoms with Gasteiger partial charge >= 0.3 is 5.97 Å². The molecule has 1 unspecified atom stereocenters. The second kappa shape index (κ2) is 3.40. The van der Waals surface area contributed by atoms with Gasteiger partial charge in [-0.15, -0.1) is 0 Å². The van der Waals surface area contributed by atoms with Gasteiger partial charge in [0, 0.05) is 22.8 Å². The quantitative estimate of drug-likeness (QED) is 0.715. The third-order valence-electron chi connectivity index (χ3n) is 2.50. The lowest BCUT2D eigenvalue weighted by Gasteiger charge is -2.19. The average molecular weight is 228 g/mol. The summed E-state index contributed by atoms with van der Waals surface area (Å²) >= 11 is 5.78. The molecule has 0 aliphatic carbocycles. The molecular formula is C10H10ClNO3. The molecule has 0 bridgehead atoms. The van der Waals surface area contributed by atoms with Gasteiger partial charge in [0.15, 0.2) is 0 Å². The lowest BCUT2D eigenvalue weighted by molar-refractivity contribution is -0.142. The van der Waals surface area contributed by atoms with E-state index in [1.807, 2.05) is 0 Å². The highest BCUT2D eigenvalue weighted by Gasteiger charge is 2.38. The van der Waals surface area contributed by atoms with Crippen LogP contribution in [0.4, 0.5) is 5.69 Å². The van der Waals surface area contributed by atoms with Crippen molar-refractivity contribution >= 4 is 23.3 Å². The molecule has 1 aliphatic rings. The molecule has 80 valence electrons. The highest BCUT2D eigenvalue weighted by molar-refractivity contribution is 6.30. The minimum atomic E-state index is -1.33. The summed E-state index contributed by atoms with van der Waals surface area (Å²) in [5, 5.41) is 22.3. The summed E-state index contributed by atoms with van der Waals surface area (Å²) in [5.74, 6) is -1.03. The Morgan fingerprint density at radius 3 is 3.00 bits per heavy atom. The molecule has 15 heavy (non-hydrogen) atoms. The van der Waals surface area contributed by atoms with E-state index in [2.05, 4.69) is 5.32 Å². The van der Waals surface area contributed by atoms with Crippen molar-refractivity contribution in [1.29, 1.82) is 0 Å². The van der Waals surface area contributed by atoms with Crippen LogP contribution in [0, 0.1) is 0 Å². The number of carbonyl (C=O) groups is 1. The van der Waals surface area contributed by atoms with Crippen LogP contribution in [0.1, 0.15) is 12.0 Å². The van der Waals surface area contributed by atoms with Crippen LogP contribution in [0.3, 0.4) is 0 Å². The topological polar surface area (TPSA) is 69.6 Å². The number of hydrogen-bond acceptors (Lipinski definition) is 3. The first-order chi connectivity index (χ1) is 7.01. The standard InChI is InChI=1S/C10H10ClNO3/c11-6-1-2-7-8(3-6)12-5-10(7,15)4-9(13)14/h1-3,12,15H,4-5H2,(H,13,14). The monoisotopic (exact) mass is 227 g/mol. The van der Waals surface area contributed by atoms with Crippen molar-refractivity contribution in [1.82, 2.24) is 0 Å². The fourth-order valence-electron chi connectivity index (χ4n) is 1.81. The number of anilines is 1. The molecule has 0 fully saturated rings. The van der Waals surface area contributed by atoms with Crippen molar-refractivity contribution in [2.45, 2.75) is 12.0 Å². The van der Waals surface area contributed by atoms with E-state index in [0.29, 0.717) is 16.3 Å². The van der Waals surface area contributed by atoms with Crippen LogP contribution in [0.25, 0.3) is 0 Å². The summed E-state index contributed by atoms with van der Waals surface area (Å²) in [6.45, 7) is 0.203. The van der Waals surface area contributed by atoms with Gasteiger partial charge in [0.25, 0.3) is 0 Å². The Kier molecular flexibility index (Phi) is 2.32. The number of fused-ring (bicyclic) bond motifs is 1. The van der Waals surface area contributed by atoms with Gasteiger partial charge in [0.2, 0.25) is 0 Å². The Morgan fingerprint density at radius 1 is 1.60 bits per heavy atom. The lowest BCUT2D eigenvalue weighted by Crippen LogP contribution is -2.30. The molecule has 1 aliphatic heterocycles. The first-order valence-electron chi connectivity index (χ1n) is 4.49. The lowest BCUT2D eigenvalue weighted by atomic mass is 9.93. The van der Waals surface area contributed by atoms with E-state index in [1.165, 1.54) is 0 Å². The maximum atomic E-state index is 10.6. The van der Waals surface area contributed by atoms with E-state index in [-0.39, 0.29) is 13.0 Å². The predicted octanol–water partition coefficient (Wildman–Crippen LogP) is 1.43. The zero-order chi connectivity index (χ0) is 11.1. The number of carboxylic acid groups (broad SMARTS) is 1. The second-order valence-electron chi connectivity index (χ2n) is 3.65. The molecule has 1 aromatic rings. The molecule has 1 aromatic carbocycles. The van der Waals surface area contributed by atoms with Crippen LogP contribution in [-0.4, -0.2) is 22.7 Å². The van der Waals surface area contributed by atoms with Gasteiger partial charge in [-0.3, -0.25) is 4.79 Å². The Bertz CT molecular complexity index is 421. The number of halogens is 1. The summed E-state index contributed by atoms with van der Waals surface area (Å²) in [6, 6.07) is 4.97. The summed E-state index contributed by atoms with van der Waals surface area (Å²) in [4.78, 5) is 10.6. The Balaban J connectivity index is 2.39. The van der Waals surface area contributed by atoms with Gasteiger partial charge in [0.05, 0.1) is 6.42 Å². The smallest absolute Gasteiger partial charge is 0.306 e. The largest absolute Gasteiger partial charge is 0.481 e. The number of aliphatic hydroxyl groups is 1. The summed E-state index contributed by atoms with van der Waals surface area (Å²) in [6.07, 6.45) is -0.311. The number of benzene rings is 1. The molecule has 3 N–H and O–H groups in total. The molecule has 0 radical (unpaired) electrons. The Morgan fingerprint density at radius 2 is 2.33 bits per heavy atom. The molecule has 5 heteroatoms. The van der Waals surface area contributed by atoms with Crippen LogP contribution >= 0.6 is 11.6 Å². The second-order valence-corrected chi connectivity index (χ2v) is 4.08. The molecule has 0 aromatic heterocycles. The van der Waals surface area contributed by atoms with Crippen molar-refractivity contribution < 1.29 is 15.0 Å². The van der Waals surface area contributed by atoms with E-state index in [4.69, 9.17) is 16.7 Å². The maximum absolute atomic E-state index is 10.6. The first kappa shape index (κ1) is 10.3. The molecule has 1 heterocycles. The van der Waals surface area contributed by atoms with Crippen molar-refractivity contribution in [3.63, 3.8) is 0 Å². The van der Waals surface area contributed by atoms with E-state index in [1.54, 1.807) is 18.2 Å². The van der Waals surface area contributed by atoms with Crippen LogP contribution in [0.5, 0.6) is 0 Å². The van der Waals surface area contributed by atoms with Gasteiger partial charge in [-0.2, -0.15) is 0 Å². The van der Waals surface area contributed by atoms with Crippen LogP contribution in [0.15, 0.2) is 18.2 Å². The normalized spacial score (nSPS) is 23.3. The predicted molar refractivity (Wildman–Crippen MR) is 56.1 cm³/mol. The third-order valence-corrected chi connectivity index (χ3v) is 2.73. The number of carboxylic acids is 1. The van der Waals surface area contributed by atoms with E-state index >= 15 is 0 Å². The van der Waals surface area contributed by atoms with Crippen LogP contribution in [-0.2, 0) is 10.4 Å². The van der Waals surface area contributed by atoms with Crippen molar-refractivity contribution in [2.75, 3.05) is 11.9 Å². The van der Waals surface area contributed by atoms with Crippen molar-refractivity contribution in [2.24, 2.45) is 0 Å². The zero-order valence-corrected chi connectivity index (χ0v) is 8.58. The summed E-state index contributed by atoms with van der Waals surface area (Å²) in [7, 11) is 0. The first-order valence-corrected chi connectivity index (χ1v) is 4.87. The SMILES string of the molecule is O=C(O)CC1(O)CNc2cc(Cl)ccc21. The minimum absolute atomic E-state index is 0.203. The average Bonchev–Trinajstić information content (AvgIpc) is 2.42. The summed E-state index contributed by atoms with van der Waals surface area (Å²) < 4.78 is 0. The van der Waals surface area contributed by atoms with Gasteiger partial charge in [0.1, 0.15) is 5.60 Å². The van der Waals surface area contributed by atoms with E-state index in [9.17, 15) is 9.90 Å². The Hall–Kier alpha value is -1.26. The molecule has 1 atom stereocenters. The molecule has 2 rings (SSSR count). The molecule has 0 amide bonds. The van der Waals surface area contributed by atoms with Gasteiger partial charge in [-0.25, -0.2) is 0 Å². The molecule has 0 saturated carbocycles. The van der Waals surface area contributed by atoms with Crippen LogP contribution < -0.4 is 5.32 Å².